The number of hydrogen-bond donors (Lipinski definition) is 0. The molecule has 1 aromatic heterocycles. The van der Waals surface area contributed by atoms with Crippen LogP contribution in [0.1, 0.15) is 36.1 Å². The summed E-state index contributed by atoms with van der Waals surface area (Å²) >= 11 is 0. The molecule has 2 heteroatoms. The van der Waals surface area contributed by atoms with Crippen LogP contribution in [-0.2, 0) is 11.8 Å². The van der Waals surface area contributed by atoms with E-state index < -0.39 is 0 Å². The number of hydrogen-bond acceptors (Lipinski definition) is 1. The molecule has 8 aromatic rings. The second kappa shape index (κ2) is 12.5. The van der Waals surface area contributed by atoms with Gasteiger partial charge in [-0.05, 0) is 111 Å². The van der Waals surface area contributed by atoms with Crippen LogP contribution in [0.15, 0.2) is 189 Å². The fraction of sp³-hybridized carbons (Fsp3) is 0.0769. The standard InChI is InChI=1S/C52H40N2/c1-35-15-7-4-12-21-45-42(35)31-32-49-51(45)46-30-28-41(34-50(46)54(49)38-18-10-6-11-19-38)53(39-25-23-37(24-26-39)36-16-8-5-9-17-36)40-27-29-44-43-20-13-14-22-47(43)52(2,3)48(44)33-40/h4-20,22-34H,1,21H2,2-3H3/b12-4-,15-7-. The average Bonchev–Trinajstić information content (AvgIpc) is 3.66. The predicted molar refractivity (Wildman–Crippen MR) is 229 cm³/mol. The molecule has 2 aliphatic rings. The number of fused-ring (bicyclic) bond motifs is 8. The Morgan fingerprint density at radius 1 is 0.556 bits per heavy atom. The maximum absolute atomic E-state index is 4.45. The quantitative estimate of drug-likeness (QED) is 0.174. The van der Waals surface area contributed by atoms with Crippen molar-refractivity contribution in [1.29, 1.82) is 0 Å². The number of anilines is 3. The molecule has 0 fully saturated rings. The Balaban J connectivity index is 1.21. The molecule has 7 aromatic carbocycles. The van der Waals surface area contributed by atoms with Crippen molar-refractivity contribution in [3.05, 3.63) is 211 Å². The molecule has 0 amide bonds. The lowest BCUT2D eigenvalue weighted by atomic mass is 9.82. The summed E-state index contributed by atoms with van der Waals surface area (Å²) in [5, 5.41) is 2.53. The maximum Gasteiger partial charge on any atom is 0.0562 e. The van der Waals surface area contributed by atoms with Crippen LogP contribution in [0, 0.1) is 0 Å². The molecular formula is C52H40N2. The highest BCUT2D eigenvalue weighted by molar-refractivity contribution is 6.13. The number of rotatable bonds is 5. The Morgan fingerprint density at radius 3 is 2.02 bits per heavy atom. The summed E-state index contributed by atoms with van der Waals surface area (Å²) in [5.41, 5.74) is 18.1. The van der Waals surface area contributed by atoms with Gasteiger partial charge in [0.25, 0.3) is 0 Å². The van der Waals surface area contributed by atoms with E-state index in [-0.39, 0.29) is 5.41 Å². The van der Waals surface area contributed by atoms with Gasteiger partial charge in [0.05, 0.1) is 11.0 Å². The molecular weight excluding hydrogens is 653 g/mol. The predicted octanol–water partition coefficient (Wildman–Crippen LogP) is 13.9. The lowest BCUT2D eigenvalue weighted by Crippen LogP contribution is -2.16. The van der Waals surface area contributed by atoms with Crippen LogP contribution in [0.25, 0.3) is 55.3 Å². The molecule has 0 radical (unpaired) electrons. The van der Waals surface area contributed by atoms with Gasteiger partial charge in [-0.25, -0.2) is 0 Å². The zero-order valence-electron chi connectivity index (χ0n) is 30.6. The van der Waals surface area contributed by atoms with Gasteiger partial charge in [0.2, 0.25) is 0 Å². The normalized spacial score (nSPS) is 15.3. The van der Waals surface area contributed by atoms with Gasteiger partial charge in [-0.3, -0.25) is 0 Å². The van der Waals surface area contributed by atoms with Crippen LogP contribution in [0.2, 0.25) is 0 Å². The fourth-order valence-electron chi connectivity index (χ4n) is 8.91. The van der Waals surface area contributed by atoms with Crippen molar-refractivity contribution in [2.75, 3.05) is 4.90 Å². The first kappa shape index (κ1) is 32.0. The van der Waals surface area contributed by atoms with Gasteiger partial charge in [-0.2, -0.15) is 0 Å². The zero-order valence-corrected chi connectivity index (χ0v) is 30.6. The van der Waals surface area contributed by atoms with E-state index in [1.807, 2.05) is 0 Å². The number of aromatic nitrogens is 1. The first-order valence-electron chi connectivity index (χ1n) is 18.9. The molecule has 0 aliphatic heterocycles. The summed E-state index contributed by atoms with van der Waals surface area (Å²) in [7, 11) is 0. The molecule has 0 bridgehead atoms. The summed E-state index contributed by atoms with van der Waals surface area (Å²) in [5.74, 6) is 0. The van der Waals surface area contributed by atoms with E-state index in [9.17, 15) is 0 Å². The van der Waals surface area contributed by atoms with Crippen LogP contribution in [0.5, 0.6) is 0 Å². The van der Waals surface area contributed by atoms with Crippen LogP contribution in [0.3, 0.4) is 0 Å². The highest BCUT2D eigenvalue weighted by Gasteiger charge is 2.35. The minimum Gasteiger partial charge on any atom is -0.310 e. The molecule has 2 aliphatic carbocycles. The van der Waals surface area contributed by atoms with E-state index in [2.05, 4.69) is 212 Å². The Labute approximate surface area is 317 Å². The number of para-hydroxylation sites is 1. The summed E-state index contributed by atoms with van der Waals surface area (Å²) in [6.07, 6.45) is 9.45. The SMILES string of the molecule is C=C1/C=C\C=C/Cc2c1ccc1c2c2ccc(N(c3ccc(-c4ccccc4)cc3)c3ccc4c(c3)C(C)(C)c3ccccc3-4)cc2n1-c1ccccc1. The topological polar surface area (TPSA) is 8.17 Å². The molecule has 0 N–H and O–H groups in total. The molecule has 0 saturated heterocycles. The third-order valence-corrected chi connectivity index (χ3v) is 11.6. The minimum absolute atomic E-state index is 0.112. The maximum atomic E-state index is 4.45. The van der Waals surface area contributed by atoms with Gasteiger partial charge < -0.3 is 9.47 Å². The summed E-state index contributed by atoms with van der Waals surface area (Å²) in [6, 6.07) is 57.9. The van der Waals surface area contributed by atoms with Crippen LogP contribution < -0.4 is 4.90 Å². The molecule has 2 nitrogen and oxygen atoms in total. The van der Waals surface area contributed by atoms with Crippen molar-refractivity contribution >= 4 is 44.4 Å². The molecule has 54 heavy (non-hydrogen) atoms. The van der Waals surface area contributed by atoms with Crippen molar-refractivity contribution in [2.45, 2.75) is 25.7 Å². The van der Waals surface area contributed by atoms with E-state index >= 15 is 0 Å². The molecule has 0 atom stereocenters. The highest BCUT2D eigenvalue weighted by atomic mass is 15.1. The number of nitrogens with zero attached hydrogens (tertiary/aromatic N) is 2. The Bertz CT molecular complexity index is 2810. The highest BCUT2D eigenvalue weighted by Crippen LogP contribution is 2.51. The smallest absolute Gasteiger partial charge is 0.0562 e. The largest absolute Gasteiger partial charge is 0.310 e. The van der Waals surface area contributed by atoms with E-state index in [4.69, 9.17) is 0 Å². The van der Waals surface area contributed by atoms with Crippen LogP contribution in [0.4, 0.5) is 17.1 Å². The molecule has 0 unspecified atom stereocenters. The van der Waals surface area contributed by atoms with Gasteiger partial charge in [0, 0.05) is 38.9 Å². The Hall–Kier alpha value is -6.64. The molecule has 0 saturated carbocycles. The van der Waals surface area contributed by atoms with E-state index in [0.29, 0.717) is 0 Å². The van der Waals surface area contributed by atoms with Crippen molar-refractivity contribution < 1.29 is 0 Å². The van der Waals surface area contributed by atoms with Gasteiger partial charge in [0.1, 0.15) is 0 Å². The van der Waals surface area contributed by atoms with Gasteiger partial charge in [-0.1, -0.05) is 148 Å². The molecule has 258 valence electrons. The van der Waals surface area contributed by atoms with Gasteiger partial charge in [0.15, 0.2) is 0 Å². The summed E-state index contributed by atoms with van der Waals surface area (Å²) in [4.78, 5) is 2.43. The van der Waals surface area contributed by atoms with E-state index in [1.165, 1.54) is 66.3 Å². The fourth-order valence-corrected chi connectivity index (χ4v) is 8.91. The first-order valence-corrected chi connectivity index (χ1v) is 18.9. The second-order valence-electron chi connectivity index (χ2n) is 15.0. The summed E-state index contributed by atoms with van der Waals surface area (Å²) < 4.78 is 2.44. The number of benzene rings is 7. The van der Waals surface area contributed by atoms with E-state index in [1.54, 1.807) is 0 Å². The van der Waals surface area contributed by atoms with Crippen molar-refractivity contribution in [1.82, 2.24) is 4.57 Å². The third kappa shape index (κ3) is 5.02. The zero-order chi connectivity index (χ0) is 36.4. The van der Waals surface area contributed by atoms with Crippen LogP contribution in [-0.4, -0.2) is 4.57 Å². The third-order valence-electron chi connectivity index (χ3n) is 11.6. The summed E-state index contributed by atoms with van der Waals surface area (Å²) in [6.45, 7) is 9.17. The number of allylic oxidation sites excluding steroid dienone is 5. The Kier molecular flexibility index (Phi) is 7.42. The monoisotopic (exact) mass is 692 g/mol. The Morgan fingerprint density at radius 2 is 1.20 bits per heavy atom. The van der Waals surface area contributed by atoms with Crippen molar-refractivity contribution in [2.24, 2.45) is 0 Å². The van der Waals surface area contributed by atoms with Gasteiger partial charge >= 0.3 is 0 Å². The minimum atomic E-state index is -0.112. The van der Waals surface area contributed by atoms with Gasteiger partial charge in [-0.15, -0.1) is 0 Å². The van der Waals surface area contributed by atoms with Crippen molar-refractivity contribution in [3.8, 4) is 27.9 Å². The average molecular weight is 693 g/mol. The molecule has 0 spiro atoms. The lowest BCUT2D eigenvalue weighted by molar-refractivity contribution is 0.660. The van der Waals surface area contributed by atoms with Crippen LogP contribution >= 0.6 is 0 Å². The molecule has 1 heterocycles. The second-order valence-corrected chi connectivity index (χ2v) is 15.0. The van der Waals surface area contributed by atoms with Crippen molar-refractivity contribution in [3.63, 3.8) is 0 Å². The van der Waals surface area contributed by atoms with E-state index in [0.717, 1.165) is 34.7 Å². The lowest BCUT2D eigenvalue weighted by Gasteiger charge is -2.28. The first-order chi connectivity index (χ1) is 26.5. The molecule has 10 rings (SSSR count).